The fourth-order valence-corrected chi connectivity index (χ4v) is 6.70. The second-order valence-electron chi connectivity index (χ2n) is 8.58. The number of aryl methyl sites for hydroxylation is 1. The summed E-state index contributed by atoms with van der Waals surface area (Å²) in [6.07, 6.45) is 2.27. The molecule has 176 valence electrons. The first-order valence-corrected chi connectivity index (χ1v) is 13.8. The van der Waals surface area contributed by atoms with Crippen molar-refractivity contribution < 1.29 is 17.9 Å². The summed E-state index contributed by atoms with van der Waals surface area (Å²) >= 11 is 1.68. The summed E-state index contributed by atoms with van der Waals surface area (Å²) in [5.74, 6) is 0.800. The summed E-state index contributed by atoms with van der Waals surface area (Å²) in [5, 5.41) is 0.891. The average Bonchev–Trinajstić information content (AvgIpc) is 3.47. The van der Waals surface area contributed by atoms with Gasteiger partial charge in [-0.1, -0.05) is 41.6 Å². The molecule has 2 saturated heterocycles. The molecular weight excluding hydrogens is 458 g/mol. The van der Waals surface area contributed by atoms with Gasteiger partial charge in [0.15, 0.2) is 5.16 Å². The van der Waals surface area contributed by atoms with Crippen LogP contribution in [0.3, 0.4) is 0 Å². The first kappa shape index (κ1) is 22.9. The quantitative estimate of drug-likeness (QED) is 0.472. The van der Waals surface area contributed by atoms with Gasteiger partial charge in [-0.25, -0.2) is 13.4 Å². The predicted octanol–water partition coefficient (Wildman–Crippen LogP) is 3.84. The molecular formula is C24H29N3O4S2. The Morgan fingerprint density at radius 3 is 2.61 bits per heavy atom. The second kappa shape index (κ2) is 9.76. The number of sulfonamides is 1. The van der Waals surface area contributed by atoms with Gasteiger partial charge in [0.25, 0.3) is 0 Å². The van der Waals surface area contributed by atoms with Gasteiger partial charge in [0.2, 0.25) is 10.0 Å². The molecule has 1 unspecified atom stereocenters. The Morgan fingerprint density at radius 2 is 1.88 bits per heavy atom. The number of hydrogen-bond donors (Lipinski definition) is 0. The van der Waals surface area contributed by atoms with E-state index in [1.54, 1.807) is 23.9 Å². The molecule has 9 heteroatoms. The van der Waals surface area contributed by atoms with Crippen LogP contribution in [0, 0.1) is 6.92 Å². The topological polar surface area (TPSA) is 73.7 Å². The molecule has 2 aliphatic rings. The Morgan fingerprint density at radius 1 is 1.09 bits per heavy atom. The van der Waals surface area contributed by atoms with Crippen LogP contribution in [0.25, 0.3) is 11.0 Å². The molecule has 1 aromatic heterocycles. The largest absolute Gasteiger partial charge is 0.379 e. The van der Waals surface area contributed by atoms with Crippen LogP contribution in [0.1, 0.15) is 24.0 Å². The van der Waals surface area contributed by atoms with Crippen LogP contribution in [-0.2, 0) is 31.8 Å². The van der Waals surface area contributed by atoms with E-state index in [9.17, 15) is 8.42 Å². The van der Waals surface area contributed by atoms with Crippen molar-refractivity contribution in [1.29, 1.82) is 0 Å². The summed E-state index contributed by atoms with van der Waals surface area (Å²) in [4.78, 5) is 5.16. The predicted molar refractivity (Wildman–Crippen MR) is 129 cm³/mol. The van der Waals surface area contributed by atoms with Crippen LogP contribution < -0.4 is 0 Å². The number of morpholine rings is 1. The maximum Gasteiger partial charge on any atom is 0.243 e. The molecule has 2 aliphatic heterocycles. The van der Waals surface area contributed by atoms with E-state index in [1.807, 2.05) is 6.07 Å². The molecule has 1 atom stereocenters. The van der Waals surface area contributed by atoms with Crippen molar-refractivity contribution in [2.75, 3.05) is 32.9 Å². The highest BCUT2D eigenvalue weighted by atomic mass is 32.2. The standard InChI is InChI=1S/C24H29N3O4S2/c1-18-4-6-19(7-5-18)17-32-24-25-22-15-21(33(28,29)26-10-13-30-14-11-26)8-9-23(22)27(24)16-20-3-2-12-31-20/h4-9,15,20H,2-3,10-14,16-17H2,1H3. The Balaban J connectivity index is 1.46. The fourth-order valence-electron chi connectivity index (χ4n) is 4.29. The van der Waals surface area contributed by atoms with Crippen LogP contribution in [0.5, 0.6) is 0 Å². The summed E-state index contributed by atoms with van der Waals surface area (Å²) in [6.45, 7) is 5.22. The van der Waals surface area contributed by atoms with Crippen LogP contribution in [0.15, 0.2) is 52.5 Å². The van der Waals surface area contributed by atoms with Crippen molar-refractivity contribution in [3.8, 4) is 0 Å². The van der Waals surface area contributed by atoms with Crippen molar-refractivity contribution in [2.24, 2.45) is 0 Å². The third-order valence-corrected chi connectivity index (χ3v) is 9.13. The third-order valence-electron chi connectivity index (χ3n) is 6.19. The molecule has 5 rings (SSSR count). The van der Waals surface area contributed by atoms with Gasteiger partial charge in [-0.3, -0.25) is 0 Å². The normalized spacial score (nSPS) is 20.0. The van der Waals surface area contributed by atoms with Gasteiger partial charge in [0.1, 0.15) is 0 Å². The van der Waals surface area contributed by atoms with Gasteiger partial charge >= 0.3 is 0 Å². The maximum absolute atomic E-state index is 13.2. The molecule has 0 radical (unpaired) electrons. The summed E-state index contributed by atoms with van der Waals surface area (Å²) in [7, 11) is -3.57. The summed E-state index contributed by atoms with van der Waals surface area (Å²) in [6, 6.07) is 13.8. The zero-order valence-corrected chi connectivity index (χ0v) is 20.4. The Hall–Kier alpha value is -1.91. The van der Waals surface area contributed by atoms with E-state index < -0.39 is 10.0 Å². The molecule has 7 nitrogen and oxygen atoms in total. The number of aromatic nitrogens is 2. The number of fused-ring (bicyclic) bond motifs is 1. The van der Waals surface area contributed by atoms with Gasteiger partial charge in [-0.05, 0) is 43.5 Å². The molecule has 3 heterocycles. The van der Waals surface area contributed by atoms with E-state index >= 15 is 0 Å². The van der Waals surface area contributed by atoms with E-state index in [2.05, 4.69) is 35.8 Å². The van der Waals surface area contributed by atoms with E-state index in [4.69, 9.17) is 14.5 Å². The lowest BCUT2D eigenvalue weighted by molar-refractivity contribution is 0.0730. The van der Waals surface area contributed by atoms with Crippen LogP contribution in [0.4, 0.5) is 0 Å². The highest BCUT2D eigenvalue weighted by Gasteiger charge is 2.27. The minimum Gasteiger partial charge on any atom is -0.379 e. The lowest BCUT2D eigenvalue weighted by atomic mass is 10.2. The van der Waals surface area contributed by atoms with Gasteiger partial charge in [-0.2, -0.15) is 4.31 Å². The van der Waals surface area contributed by atoms with Gasteiger partial charge in [0.05, 0.1) is 41.8 Å². The lowest BCUT2D eigenvalue weighted by Crippen LogP contribution is -2.40. The molecule has 2 aromatic carbocycles. The molecule has 0 saturated carbocycles. The highest BCUT2D eigenvalue weighted by molar-refractivity contribution is 7.98. The molecule has 3 aromatic rings. The highest BCUT2D eigenvalue weighted by Crippen LogP contribution is 2.31. The number of ether oxygens (including phenoxy) is 2. The van der Waals surface area contributed by atoms with E-state index in [0.717, 1.165) is 42.4 Å². The molecule has 0 spiro atoms. The smallest absolute Gasteiger partial charge is 0.243 e. The molecule has 0 aliphatic carbocycles. The lowest BCUT2D eigenvalue weighted by Gasteiger charge is -2.26. The number of imidazole rings is 1. The summed E-state index contributed by atoms with van der Waals surface area (Å²) < 4.78 is 41.2. The van der Waals surface area contributed by atoms with Crippen LogP contribution in [0.2, 0.25) is 0 Å². The van der Waals surface area contributed by atoms with Crippen molar-refractivity contribution in [3.05, 3.63) is 53.6 Å². The molecule has 33 heavy (non-hydrogen) atoms. The number of thioether (sulfide) groups is 1. The number of benzene rings is 2. The minimum atomic E-state index is -3.57. The van der Waals surface area contributed by atoms with Gasteiger partial charge in [0, 0.05) is 25.4 Å². The molecule has 0 amide bonds. The SMILES string of the molecule is Cc1ccc(CSc2nc3cc(S(=O)(=O)N4CCOCC4)ccc3n2CC2CCCO2)cc1. The zero-order chi connectivity index (χ0) is 22.8. The third kappa shape index (κ3) is 4.97. The number of rotatable bonds is 7. The Labute approximate surface area is 199 Å². The molecule has 0 bridgehead atoms. The monoisotopic (exact) mass is 487 g/mol. The van der Waals surface area contributed by atoms with Gasteiger partial charge < -0.3 is 14.0 Å². The Kier molecular flexibility index (Phi) is 6.76. The van der Waals surface area contributed by atoms with Crippen molar-refractivity contribution >= 4 is 32.8 Å². The first-order chi connectivity index (χ1) is 16.0. The van der Waals surface area contributed by atoms with E-state index in [0.29, 0.717) is 31.8 Å². The van der Waals surface area contributed by atoms with E-state index in [1.165, 1.54) is 15.4 Å². The van der Waals surface area contributed by atoms with Gasteiger partial charge in [-0.15, -0.1) is 0 Å². The minimum absolute atomic E-state index is 0.165. The average molecular weight is 488 g/mol. The van der Waals surface area contributed by atoms with Crippen molar-refractivity contribution in [2.45, 2.75) is 48.2 Å². The van der Waals surface area contributed by atoms with Crippen LogP contribution >= 0.6 is 11.8 Å². The van der Waals surface area contributed by atoms with Crippen molar-refractivity contribution in [1.82, 2.24) is 13.9 Å². The van der Waals surface area contributed by atoms with Crippen LogP contribution in [-0.4, -0.2) is 61.3 Å². The maximum atomic E-state index is 13.2. The molecule has 2 fully saturated rings. The molecule has 0 N–H and O–H groups in total. The first-order valence-electron chi connectivity index (χ1n) is 11.4. The fraction of sp³-hybridized carbons (Fsp3) is 0.458. The summed E-state index contributed by atoms with van der Waals surface area (Å²) in [5.41, 5.74) is 4.12. The number of nitrogens with zero attached hydrogens (tertiary/aromatic N) is 3. The Bertz CT molecular complexity index is 1210. The second-order valence-corrected chi connectivity index (χ2v) is 11.5. The zero-order valence-electron chi connectivity index (χ0n) is 18.8. The van der Waals surface area contributed by atoms with E-state index in [-0.39, 0.29) is 11.0 Å². The number of hydrogen-bond acceptors (Lipinski definition) is 6. The van der Waals surface area contributed by atoms with Crippen molar-refractivity contribution in [3.63, 3.8) is 0 Å².